The molecular weight excluding hydrogens is 288 g/mol. The van der Waals surface area contributed by atoms with Crippen molar-refractivity contribution < 1.29 is 0 Å². The highest BCUT2D eigenvalue weighted by molar-refractivity contribution is 9.10. The second-order valence-corrected chi connectivity index (χ2v) is 5.70. The lowest BCUT2D eigenvalue weighted by Gasteiger charge is -2.16. The van der Waals surface area contributed by atoms with Gasteiger partial charge in [-0.05, 0) is 57.2 Å². The van der Waals surface area contributed by atoms with E-state index in [0.717, 1.165) is 19.6 Å². The Morgan fingerprint density at radius 3 is 2.78 bits per heavy atom. The Hall–Kier alpha value is -0.380. The van der Waals surface area contributed by atoms with Crippen molar-refractivity contribution in [1.29, 1.82) is 0 Å². The SMILES string of the molecule is CCNCCCCCN(C)Cc1cccc(Br)c1. The second kappa shape index (κ2) is 9.54. The lowest BCUT2D eigenvalue weighted by atomic mass is 10.2. The van der Waals surface area contributed by atoms with Gasteiger partial charge in [-0.2, -0.15) is 0 Å². The molecule has 0 aliphatic rings. The Kier molecular flexibility index (Phi) is 8.31. The molecule has 0 amide bonds. The number of benzene rings is 1. The average Bonchev–Trinajstić information content (AvgIpc) is 2.33. The summed E-state index contributed by atoms with van der Waals surface area (Å²) in [6.07, 6.45) is 3.89. The standard InChI is InChI=1S/C15H25BrN2/c1-3-17-10-5-4-6-11-18(2)13-14-8-7-9-15(16)12-14/h7-9,12,17H,3-6,10-11,13H2,1-2H3. The second-order valence-electron chi connectivity index (χ2n) is 4.78. The van der Waals surface area contributed by atoms with Gasteiger partial charge in [-0.1, -0.05) is 41.4 Å². The lowest BCUT2D eigenvalue weighted by Crippen LogP contribution is -2.19. The summed E-state index contributed by atoms with van der Waals surface area (Å²) in [5.74, 6) is 0. The number of hydrogen-bond donors (Lipinski definition) is 1. The van der Waals surface area contributed by atoms with Crippen LogP contribution in [0.15, 0.2) is 28.7 Å². The largest absolute Gasteiger partial charge is 0.317 e. The summed E-state index contributed by atoms with van der Waals surface area (Å²) >= 11 is 3.51. The molecule has 0 aliphatic carbocycles. The van der Waals surface area contributed by atoms with Gasteiger partial charge in [0.1, 0.15) is 0 Å². The zero-order chi connectivity index (χ0) is 13.2. The fourth-order valence-corrected chi connectivity index (χ4v) is 2.46. The Labute approximate surface area is 120 Å². The molecule has 0 heterocycles. The van der Waals surface area contributed by atoms with Crippen molar-refractivity contribution in [2.24, 2.45) is 0 Å². The van der Waals surface area contributed by atoms with E-state index >= 15 is 0 Å². The number of halogens is 1. The zero-order valence-corrected chi connectivity index (χ0v) is 13.2. The molecule has 0 spiro atoms. The molecule has 3 heteroatoms. The summed E-state index contributed by atoms with van der Waals surface area (Å²) in [5, 5.41) is 3.36. The summed E-state index contributed by atoms with van der Waals surface area (Å²) in [4.78, 5) is 2.40. The molecule has 1 aromatic carbocycles. The third-order valence-corrected chi connectivity index (χ3v) is 3.48. The normalized spacial score (nSPS) is 11.1. The molecule has 102 valence electrons. The van der Waals surface area contributed by atoms with Crippen LogP contribution in [0.4, 0.5) is 0 Å². The van der Waals surface area contributed by atoms with Crippen LogP contribution in [0.1, 0.15) is 31.7 Å². The van der Waals surface area contributed by atoms with E-state index in [1.54, 1.807) is 0 Å². The van der Waals surface area contributed by atoms with E-state index in [2.05, 4.69) is 64.4 Å². The number of nitrogens with zero attached hydrogens (tertiary/aromatic N) is 1. The molecule has 1 N–H and O–H groups in total. The number of nitrogens with one attached hydrogen (secondary N) is 1. The maximum Gasteiger partial charge on any atom is 0.0231 e. The number of rotatable bonds is 9. The van der Waals surface area contributed by atoms with Gasteiger partial charge in [0.2, 0.25) is 0 Å². The highest BCUT2D eigenvalue weighted by atomic mass is 79.9. The summed E-state index contributed by atoms with van der Waals surface area (Å²) < 4.78 is 1.17. The lowest BCUT2D eigenvalue weighted by molar-refractivity contribution is 0.317. The van der Waals surface area contributed by atoms with E-state index in [4.69, 9.17) is 0 Å². The van der Waals surface area contributed by atoms with Crippen LogP contribution in [0, 0.1) is 0 Å². The fourth-order valence-electron chi connectivity index (χ4n) is 2.01. The molecule has 0 aliphatic heterocycles. The molecule has 0 aromatic heterocycles. The molecule has 0 fully saturated rings. The first-order valence-electron chi connectivity index (χ1n) is 6.86. The topological polar surface area (TPSA) is 15.3 Å². The summed E-state index contributed by atoms with van der Waals surface area (Å²) in [7, 11) is 2.20. The van der Waals surface area contributed by atoms with Crippen molar-refractivity contribution >= 4 is 15.9 Å². The quantitative estimate of drug-likeness (QED) is 0.700. The molecule has 0 saturated heterocycles. The molecule has 1 rings (SSSR count). The van der Waals surface area contributed by atoms with Gasteiger partial charge in [-0.15, -0.1) is 0 Å². The Balaban J connectivity index is 2.12. The summed E-state index contributed by atoms with van der Waals surface area (Å²) in [5.41, 5.74) is 1.37. The molecule has 1 aromatic rings. The van der Waals surface area contributed by atoms with Gasteiger partial charge in [-0.3, -0.25) is 0 Å². The highest BCUT2D eigenvalue weighted by Crippen LogP contribution is 2.13. The first kappa shape index (κ1) is 15.7. The molecule has 0 unspecified atom stereocenters. The van der Waals surface area contributed by atoms with Gasteiger partial charge < -0.3 is 10.2 Å². The van der Waals surface area contributed by atoms with E-state index in [1.165, 1.54) is 35.8 Å². The summed E-state index contributed by atoms with van der Waals surface area (Å²) in [6, 6.07) is 8.56. The van der Waals surface area contributed by atoms with Crippen LogP contribution in [-0.4, -0.2) is 31.6 Å². The van der Waals surface area contributed by atoms with Crippen LogP contribution in [0.3, 0.4) is 0 Å². The molecule has 0 atom stereocenters. The molecule has 18 heavy (non-hydrogen) atoms. The monoisotopic (exact) mass is 312 g/mol. The maximum atomic E-state index is 3.51. The third kappa shape index (κ3) is 7.14. The van der Waals surface area contributed by atoms with Gasteiger partial charge >= 0.3 is 0 Å². The van der Waals surface area contributed by atoms with E-state index in [0.29, 0.717) is 0 Å². The van der Waals surface area contributed by atoms with Crippen molar-refractivity contribution in [2.45, 2.75) is 32.7 Å². The zero-order valence-electron chi connectivity index (χ0n) is 11.6. The smallest absolute Gasteiger partial charge is 0.0231 e. The van der Waals surface area contributed by atoms with Crippen molar-refractivity contribution in [3.05, 3.63) is 34.3 Å². The minimum absolute atomic E-state index is 1.03. The first-order valence-corrected chi connectivity index (χ1v) is 7.65. The third-order valence-electron chi connectivity index (χ3n) is 2.98. The van der Waals surface area contributed by atoms with Crippen LogP contribution in [0.5, 0.6) is 0 Å². The Bertz CT molecular complexity index is 328. The molecular formula is C15H25BrN2. The minimum Gasteiger partial charge on any atom is -0.317 e. The molecule has 0 radical (unpaired) electrons. The van der Waals surface area contributed by atoms with Gasteiger partial charge in [0, 0.05) is 11.0 Å². The van der Waals surface area contributed by atoms with Crippen LogP contribution in [-0.2, 0) is 6.54 Å². The van der Waals surface area contributed by atoms with Crippen molar-refractivity contribution in [1.82, 2.24) is 10.2 Å². The van der Waals surface area contributed by atoms with Crippen molar-refractivity contribution in [3.8, 4) is 0 Å². The first-order chi connectivity index (χ1) is 8.72. The Morgan fingerprint density at radius 1 is 1.22 bits per heavy atom. The van der Waals surface area contributed by atoms with Crippen LogP contribution < -0.4 is 5.32 Å². The van der Waals surface area contributed by atoms with Gasteiger partial charge in [0.15, 0.2) is 0 Å². The van der Waals surface area contributed by atoms with E-state index < -0.39 is 0 Å². The van der Waals surface area contributed by atoms with E-state index in [9.17, 15) is 0 Å². The summed E-state index contributed by atoms with van der Waals surface area (Å²) in [6.45, 7) is 6.62. The average molecular weight is 313 g/mol. The van der Waals surface area contributed by atoms with Gasteiger partial charge in [-0.25, -0.2) is 0 Å². The molecule has 0 saturated carbocycles. The van der Waals surface area contributed by atoms with Crippen molar-refractivity contribution in [3.63, 3.8) is 0 Å². The predicted molar refractivity (Wildman–Crippen MR) is 82.9 cm³/mol. The predicted octanol–water partition coefficient (Wildman–Crippen LogP) is 3.66. The highest BCUT2D eigenvalue weighted by Gasteiger charge is 2.00. The van der Waals surface area contributed by atoms with Crippen LogP contribution in [0.25, 0.3) is 0 Å². The van der Waals surface area contributed by atoms with Gasteiger partial charge in [0.05, 0.1) is 0 Å². The van der Waals surface area contributed by atoms with Crippen molar-refractivity contribution in [2.75, 3.05) is 26.7 Å². The Morgan fingerprint density at radius 2 is 2.06 bits per heavy atom. The van der Waals surface area contributed by atoms with E-state index in [-0.39, 0.29) is 0 Å². The maximum absolute atomic E-state index is 3.51. The molecule has 0 bridgehead atoms. The van der Waals surface area contributed by atoms with Crippen LogP contribution in [0.2, 0.25) is 0 Å². The number of hydrogen-bond acceptors (Lipinski definition) is 2. The minimum atomic E-state index is 1.03. The number of unbranched alkanes of at least 4 members (excludes halogenated alkanes) is 2. The van der Waals surface area contributed by atoms with Gasteiger partial charge in [0.25, 0.3) is 0 Å². The molecule has 2 nitrogen and oxygen atoms in total. The fraction of sp³-hybridized carbons (Fsp3) is 0.600. The van der Waals surface area contributed by atoms with Crippen LogP contribution >= 0.6 is 15.9 Å². The van der Waals surface area contributed by atoms with E-state index in [1.807, 2.05) is 0 Å².